The Balaban J connectivity index is 1.76. The van der Waals surface area contributed by atoms with Crippen molar-refractivity contribution >= 4 is 23.4 Å². The molecule has 1 aromatic rings. The summed E-state index contributed by atoms with van der Waals surface area (Å²) >= 11 is 0. The molecule has 3 atom stereocenters. The summed E-state index contributed by atoms with van der Waals surface area (Å²) in [4.78, 5) is 40.1. The van der Waals surface area contributed by atoms with Gasteiger partial charge in [0, 0.05) is 18.9 Å². The molecule has 168 valence electrons. The minimum absolute atomic E-state index is 0.0512. The third-order valence-corrected chi connectivity index (χ3v) is 5.60. The number of benzene rings is 1. The molecule has 3 unspecified atom stereocenters. The van der Waals surface area contributed by atoms with Crippen LogP contribution in [0.3, 0.4) is 0 Å². The molecule has 0 aromatic heterocycles. The number of carbonyl (C=O) groups is 3. The highest BCUT2D eigenvalue weighted by Gasteiger charge is 2.51. The van der Waals surface area contributed by atoms with Gasteiger partial charge in [-0.1, -0.05) is 26.0 Å². The van der Waals surface area contributed by atoms with E-state index in [1.165, 1.54) is 19.2 Å². The van der Waals surface area contributed by atoms with E-state index in [0.717, 1.165) is 11.0 Å². The zero-order valence-corrected chi connectivity index (χ0v) is 18.1. The van der Waals surface area contributed by atoms with Crippen LogP contribution in [0.5, 0.6) is 5.75 Å². The molecule has 0 saturated carbocycles. The number of fused-ring (bicyclic) bond motifs is 1. The van der Waals surface area contributed by atoms with Crippen molar-refractivity contribution in [2.75, 3.05) is 25.6 Å². The van der Waals surface area contributed by atoms with Gasteiger partial charge in [0.25, 0.3) is 0 Å². The molecule has 1 aliphatic heterocycles. The summed E-state index contributed by atoms with van der Waals surface area (Å²) in [5.41, 5.74) is 0.230. The molecular weight excluding hydrogens is 403 g/mol. The fourth-order valence-corrected chi connectivity index (χ4v) is 4.07. The molecule has 1 fully saturated rings. The molecule has 3 amide bonds. The molecule has 1 N–H and O–H groups in total. The van der Waals surface area contributed by atoms with Gasteiger partial charge in [-0.15, -0.1) is 0 Å². The van der Waals surface area contributed by atoms with Gasteiger partial charge in [0.1, 0.15) is 12.6 Å². The number of methoxy groups -OCH3 is 1. The van der Waals surface area contributed by atoms with Crippen LogP contribution < -0.4 is 10.1 Å². The third kappa shape index (κ3) is 5.12. The van der Waals surface area contributed by atoms with Crippen LogP contribution in [0, 0.1) is 23.6 Å². The van der Waals surface area contributed by atoms with Gasteiger partial charge in [0.05, 0.1) is 18.4 Å². The van der Waals surface area contributed by atoms with Crippen LogP contribution >= 0.6 is 0 Å². The summed E-state index contributed by atoms with van der Waals surface area (Å²) in [6.07, 6.45) is 5.17. The smallest absolute Gasteiger partial charge is 0.247 e. The molecular formula is C23H29FN2O5. The van der Waals surface area contributed by atoms with Gasteiger partial charge < -0.3 is 14.8 Å². The number of nitrogens with zero attached hydrogens (tertiary/aromatic N) is 1. The summed E-state index contributed by atoms with van der Waals surface area (Å²) < 4.78 is 24.5. The lowest BCUT2D eigenvalue weighted by molar-refractivity contribution is -0.147. The molecule has 1 heterocycles. The number of ether oxygens (including phenoxy) is 2. The highest BCUT2D eigenvalue weighted by molar-refractivity contribution is 6.10. The first-order chi connectivity index (χ1) is 14.8. The molecule has 7 nitrogen and oxygen atoms in total. The van der Waals surface area contributed by atoms with E-state index in [1.807, 2.05) is 26.0 Å². The Morgan fingerprint density at radius 2 is 1.81 bits per heavy atom. The molecule has 8 heteroatoms. The van der Waals surface area contributed by atoms with Crippen molar-refractivity contribution < 1.29 is 28.2 Å². The van der Waals surface area contributed by atoms with Gasteiger partial charge in [0.2, 0.25) is 17.7 Å². The van der Waals surface area contributed by atoms with Gasteiger partial charge in [-0.25, -0.2) is 4.39 Å². The van der Waals surface area contributed by atoms with E-state index in [2.05, 4.69) is 5.32 Å². The number of carbonyl (C=O) groups excluding carboxylic acids is 3. The molecule has 1 aliphatic carbocycles. The van der Waals surface area contributed by atoms with Crippen molar-refractivity contribution in [3.05, 3.63) is 36.2 Å². The number of anilines is 1. The highest BCUT2D eigenvalue weighted by atomic mass is 19.1. The number of hydrogen-bond acceptors (Lipinski definition) is 5. The summed E-state index contributed by atoms with van der Waals surface area (Å²) in [5.74, 6) is -2.40. The van der Waals surface area contributed by atoms with E-state index < -0.39 is 29.6 Å². The summed E-state index contributed by atoms with van der Waals surface area (Å²) in [6.45, 7) is 4.37. The second-order valence-electron chi connectivity index (χ2n) is 8.32. The highest BCUT2D eigenvalue weighted by Crippen LogP contribution is 2.37. The first kappa shape index (κ1) is 22.9. The van der Waals surface area contributed by atoms with Crippen LogP contribution in [0.25, 0.3) is 0 Å². The Labute approximate surface area is 181 Å². The number of imide groups is 1. The fourth-order valence-electron chi connectivity index (χ4n) is 4.07. The number of allylic oxidation sites excluding steroid dienone is 2. The largest absolute Gasteiger partial charge is 0.488 e. The summed E-state index contributed by atoms with van der Waals surface area (Å²) in [7, 11) is 1.52. The van der Waals surface area contributed by atoms with Crippen molar-refractivity contribution in [2.45, 2.75) is 39.2 Å². The molecule has 2 aliphatic rings. The lowest BCUT2D eigenvalue weighted by Crippen LogP contribution is -2.48. The number of rotatable bonds is 9. The number of nitrogens with one attached hydrogen (secondary N) is 1. The topological polar surface area (TPSA) is 84.9 Å². The lowest BCUT2D eigenvalue weighted by Gasteiger charge is -2.27. The first-order valence-electron chi connectivity index (χ1n) is 10.6. The molecule has 0 bridgehead atoms. The van der Waals surface area contributed by atoms with E-state index in [0.29, 0.717) is 25.9 Å². The first-order valence-corrected chi connectivity index (χ1v) is 10.6. The average molecular weight is 432 g/mol. The van der Waals surface area contributed by atoms with E-state index >= 15 is 0 Å². The summed E-state index contributed by atoms with van der Waals surface area (Å²) in [5, 5.41) is 2.66. The van der Waals surface area contributed by atoms with Gasteiger partial charge in [0.15, 0.2) is 11.6 Å². The molecule has 1 saturated heterocycles. The second kappa shape index (κ2) is 10.0. The molecule has 0 radical (unpaired) electrons. The molecule has 1 aromatic carbocycles. The average Bonchev–Trinajstić information content (AvgIpc) is 2.98. The predicted octanol–water partition coefficient (Wildman–Crippen LogP) is 3.16. The minimum atomic E-state index is -0.939. The Kier molecular flexibility index (Phi) is 7.43. The van der Waals surface area contributed by atoms with Crippen LogP contribution in [-0.4, -0.2) is 49.0 Å². The van der Waals surface area contributed by atoms with Crippen LogP contribution in [-0.2, 0) is 19.1 Å². The quantitative estimate of drug-likeness (QED) is 0.368. The van der Waals surface area contributed by atoms with Crippen LogP contribution in [0.1, 0.15) is 33.1 Å². The van der Waals surface area contributed by atoms with Crippen molar-refractivity contribution in [3.63, 3.8) is 0 Å². The van der Waals surface area contributed by atoms with Gasteiger partial charge in [-0.05, 0) is 37.3 Å². The maximum Gasteiger partial charge on any atom is 0.247 e. The fraction of sp³-hybridized carbons (Fsp3) is 0.522. The van der Waals surface area contributed by atoms with E-state index in [4.69, 9.17) is 9.47 Å². The normalized spacial score (nSPS) is 21.4. The van der Waals surface area contributed by atoms with E-state index in [-0.39, 0.29) is 35.8 Å². The van der Waals surface area contributed by atoms with E-state index in [9.17, 15) is 18.8 Å². The van der Waals surface area contributed by atoms with Crippen LogP contribution in [0.2, 0.25) is 0 Å². The maximum absolute atomic E-state index is 14.3. The zero-order valence-electron chi connectivity index (χ0n) is 18.1. The van der Waals surface area contributed by atoms with Gasteiger partial charge in [-0.3, -0.25) is 19.3 Å². The van der Waals surface area contributed by atoms with Crippen molar-refractivity contribution in [1.29, 1.82) is 0 Å². The SMILES string of the molecule is COCCOc1ccc(NC(=O)C(CC(C)C)N2C(=O)C3CC=CCC3C2=O)cc1F. The standard InChI is InChI=1S/C23H29FN2O5/c1-14(2)12-19(26-22(28)16-6-4-5-7-17(16)23(26)29)21(27)25-15-8-9-20(18(24)13-15)31-11-10-30-3/h4-5,8-9,13-14,16-17,19H,6-7,10-12H2,1-3H3,(H,25,27). The molecule has 31 heavy (non-hydrogen) atoms. The molecule has 0 spiro atoms. The van der Waals surface area contributed by atoms with Crippen molar-refractivity contribution in [2.24, 2.45) is 17.8 Å². The van der Waals surface area contributed by atoms with Gasteiger partial charge >= 0.3 is 0 Å². The Morgan fingerprint density at radius 3 is 2.35 bits per heavy atom. The predicted molar refractivity (Wildman–Crippen MR) is 113 cm³/mol. The Morgan fingerprint density at radius 1 is 1.16 bits per heavy atom. The zero-order chi connectivity index (χ0) is 22.5. The Bertz CT molecular complexity index is 844. The second-order valence-corrected chi connectivity index (χ2v) is 8.32. The number of hydrogen-bond donors (Lipinski definition) is 1. The molecule has 3 rings (SSSR count). The summed E-state index contributed by atoms with van der Waals surface area (Å²) in [6, 6.07) is 3.16. The van der Waals surface area contributed by atoms with Crippen molar-refractivity contribution in [1.82, 2.24) is 4.90 Å². The lowest BCUT2D eigenvalue weighted by atomic mass is 9.85. The van der Waals surface area contributed by atoms with Gasteiger partial charge in [-0.2, -0.15) is 0 Å². The number of halogens is 1. The third-order valence-electron chi connectivity index (χ3n) is 5.60. The van der Waals surface area contributed by atoms with Crippen molar-refractivity contribution in [3.8, 4) is 5.75 Å². The van der Waals surface area contributed by atoms with Crippen LogP contribution in [0.15, 0.2) is 30.4 Å². The Hall–Kier alpha value is -2.74. The number of likely N-dealkylation sites (tertiary alicyclic amines) is 1. The monoisotopic (exact) mass is 432 g/mol. The number of amides is 3. The van der Waals surface area contributed by atoms with E-state index in [1.54, 1.807) is 0 Å². The minimum Gasteiger partial charge on any atom is -0.488 e. The maximum atomic E-state index is 14.3. The van der Waals surface area contributed by atoms with Crippen LogP contribution in [0.4, 0.5) is 10.1 Å².